The summed E-state index contributed by atoms with van der Waals surface area (Å²) in [5.74, 6) is -0.445. The zero-order valence-electron chi connectivity index (χ0n) is 18.4. The molecule has 5 nitrogen and oxygen atoms in total. The number of carbonyl (C=O) groups excluding carboxylic acids is 1. The predicted molar refractivity (Wildman–Crippen MR) is 117 cm³/mol. The van der Waals surface area contributed by atoms with Gasteiger partial charge in [-0.1, -0.05) is 6.07 Å². The van der Waals surface area contributed by atoms with E-state index in [4.69, 9.17) is 4.74 Å². The van der Waals surface area contributed by atoms with E-state index in [9.17, 15) is 13.6 Å². The number of Topliss-reactive ketones (excluding diaryl/α,β-unsaturated/α-hetero) is 1. The summed E-state index contributed by atoms with van der Waals surface area (Å²) in [6.45, 7) is 1.56. The first-order chi connectivity index (χ1) is 15.4. The van der Waals surface area contributed by atoms with Crippen LogP contribution < -0.4 is 4.74 Å². The Labute approximate surface area is 186 Å². The maximum atomic E-state index is 14.0. The molecule has 0 radical (unpaired) electrons. The van der Waals surface area contributed by atoms with Gasteiger partial charge in [-0.2, -0.15) is 0 Å². The molecule has 0 amide bonds. The van der Waals surface area contributed by atoms with Gasteiger partial charge < -0.3 is 9.64 Å². The van der Waals surface area contributed by atoms with E-state index in [0.29, 0.717) is 47.2 Å². The van der Waals surface area contributed by atoms with Gasteiger partial charge in [0.2, 0.25) is 0 Å². The van der Waals surface area contributed by atoms with Gasteiger partial charge in [-0.3, -0.25) is 9.20 Å². The quantitative estimate of drug-likeness (QED) is 0.510. The molecule has 3 aromatic rings. The van der Waals surface area contributed by atoms with E-state index in [0.717, 1.165) is 12.8 Å². The molecule has 2 bridgehead atoms. The lowest BCUT2D eigenvalue weighted by atomic mass is 9.86. The second-order valence-corrected chi connectivity index (χ2v) is 9.12. The van der Waals surface area contributed by atoms with Crippen LogP contribution in [0.3, 0.4) is 0 Å². The lowest BCUT2D eigenvalue weighted by Gasteiger charge is -2.36. The molecule has 0 aliphatic carbocycles. The summed E-state index contributed by atoms with van der Waals surface area (Å²) in [5.41, 5.74) is 1.55. The summed E-state index contributed by atoms with van der Waals surface area (Å²) < 4.78 is 35.4. The minimum absolute atomic E-state index is 0.0845. The first kappa shape index (κ1) is 21.1. The molecule has 2 aliphatic rings. The van der Waals surface area contributed by atoms with Crippen LogP contribution in [-0.4, -0.2) is 39.2 Å². The standard InChI is InChI=1S/C25H27F2N3O2/c1-15-24(22(31)13-16-11-17-8-9-18(12-16)29(17)2)30-10-4-7-23(25(30)28-15)32-14-19-20(26)5-3-6-21(19)27/h3-7,10,16-18H,8-9,11-14H2,1-2H3. The fourth-order valence-corrected chi connectivity index (χ4v) is 5.47. The van der Waals surface area contributed by atoms with Crippen molar-refractivity contribution in [3.8, 4) is 5.75 Å². The number of imidazole rings is 1. The highest BCUT2D eigenvalue weighted by Gasteiger charge is 2.39. The number of hydrogen-bond acceptors (Lipinski definition) is 4. The smallest absolute Gasteiger partial charge is 0.181 e. The van der Waals surface area contributed by atoms with Gasteiger partial charge in [0.05, 0.1) is 11.3 Å². The van der Waals surface area contributed by atoms with Crippen molar-refractivity contribution in [2.75, 3.05) is 7.05 Å². The Hall–Kier alpha value is -2.80. The van der Waals surface area contributed by atoms with Crippen LogP contribution in [-0.2, 0) is 6.61 Å². The molecule has 2 atom stereocenters. The number of nitrogens with zero attached hydrogens (tertiary/aromatic N) is 3. The van der Waals surface area contributed by atoms with Crippen LogP contribution in [0, 0.1) is 24.5 Å². The van der Waals surface area contributed by atoms with Gasteiger partial charge in [0, 0.05) is 24.7 Å². The van der Waals surface area contributed by atoms with Crippen molar-refractivity contribution in [2.45, 2.75) is 57.7 Å². The van der Waals surface area contributed by atoms with Crippen LogP contribution in [0.25, 0.3) is 5.65 Å². The van der Waals surface area contributed by atoms with Gasteiger partial charge in [0.1, 0.15) is 23.9 Å². The Kier molecular flexibility index (Phi) is 5.45. The van der Waals surface area contributed by atoms with Gasteiger partial charge in [-0.05, 0) is 69.8 Å². The molecular formula is C25H27F2N3O2. The number of hydrogen-bond donors (Lipinski definition) is 0. The Bertz CT molecular complexity index is 1140. The lowest BCUT2D eigenvalue weighted by molar-refractivity contribution is 0.0876. The van der Waals surface area contributed by atoms with Crippen molar-refractivity contribution in [2.24, 2.45) is 5.92 Å². The van der Waals surface area contributed by atoms with Crippen LogP contribution in [0.1, 0.15) is 53.8 Å². The second kappa shape index (κ2) is 8.28. The molecule has 7 heteroatoms. The molecule has 2 aromatic heterocycles. The van der Waals surface area contributed by atoms with E-state index in [-0.39, 0.29) is 18.0 Å². The van der Waals surface area contributed by atoms with Crippen molar-refractivity contribution < 1.29 is 18.3 Å². The predicted octanol–water partition coefficient (Wildman–Crippen LogP) is 4.95. The number of ketones is 1. The monoisotopic (exact) mass is 439 g/mol. The number of rotatable bonds is 6. The van der Waals surface area contributed by atoms with Crippen molar-refractivity contribution in [3.63, 3.8) is 0 Å². The van der Waals surface area contributed by atoms with Crippen LogP contribution in [0.4, 0.5) is 8.78 Å². The van der Waals surface area contributed by atoms with Gasteiger partial charge in [0.15, 0.2) is 17.2 Å². The van der Waals surface area contributed by atoms with E-state index < -0.39 is 11.6 Å². The lowest BCUT2D eigenvalue weighted by Crippen LogP contribution is -2.40. The van der Waals surface area contributed by atoms with Crippen LogP contribution in [0.5, 0.6) is 5.75 Å². The third-order valence-electron chi connectivity index (χ3n) is 7.16. The van der Waals surface area contributed by atoms with E-state index in [2.05, 4.69) is 16.9 Å². The summed E-state index contributed by atoms with van der Waals surface area (Å²) in [4.78, 5) is 20.3. The highest BCUT2D eigenvalue weighted by Crippen LogP contribution is 2.39. The maximum Gasteiger partial charge on any atom is 0.181 e. The third kappa shape index (κ3) is 3.68. The fourth-order valence-electron chi connectivity index (χ4n) is 5.47. The number of ether oxygens (including phenoxy) is 1. The van der Waals surface area contributed by atoms with E-state index in [1.807, 2.05) is 6.92 Å². The Morgan fingerprint density at radius 2 is 1.81 bits per heavy atom. The minimum Gasteiger partial charge on any atom is -0.485 e. The van der Waals surface area contributed by atoms with Gasteiger partial charge in [-0.25, -0.2) is 13.8 Å². The first-order valence-electron chi connectivity index (χ1n) is 11.2. The topological polar surface area (TPSA) is 46.8 Å². The summed E-state index contributed by atoms with van der Waals surface area (Å²) >= 11 is 0. The maximum absolute atomic E-state index is 14.0. The Morgan fingerprint density at radius 3 is 2.50 bits per heavy atom. The number of pyridine rings is 1. The van der Waals surface area contributed by atoms with E-state index >= 15 is 0 Å². The van der Waals surface area contributed by atoms with Crippen molar-refractivity contribution in [3.05, 3.63) is 65.1 Å². The SMILES string of the molecule is Cc1nc2c(OCc3c(F)cccc3F)cccn2c1C(=O)CC1CC2CCC(C1)N2C. The number of halogens is 2. The number of carbonyl (C=O) groups is 1. The van der Waals surface area contributed by atoms with Crippen LogP contribution >= 0.6 is 0 Å². The number of benzene rings is 1. The average Bonchev–Trinajstić information content (AvgIpc) is 3.18. The summed E-state index contributed by atoms with van der Waals surface area (Å²) in [6.07, 6.45) is 6.89. The molecule has 0 spiro atoms. The number of piperidine rings is 1. The molecule has 2 aliphatic heterocycles. The fraction of sp³-hybridized carbons (Fsp3) is 0.440. The molecule has 2 unspecified atom stereocenters. The highest BCUT2D eigenvalue weighted by atomic mass is 19.1. The van der Waals surface area contributed by atoms with Crippen LogP contribution in [0.15, 0.2) is 36.5 Å². The van der Waals surface area contributed by atoms with Crippen molar-refractivity contribution in [1.29, 1.82) is 0 Å². The summed E-state index contributed by atoms with van der Waals surface area (Å²) in [5, 5.41) is 0. The van der Waals surface area contributed by atoms with E-state index in [1.54, 1.807) is 22.7 Å². The summed E-state index contributed by atoms with van der Waals surface area (Å²) in [7, 11) is 2.20. The molecule has 168 valence electrons. The zero-order valence-corrected chi connectivity index (χ0v) is 18.4. The largest absolute Gasteiger partial charge is 0.485 e. The molecule has 0 N–H and O–H groups in total. The molecule has 2 saturated heterocycles. The highest BCUT2D eigenvalue weighted by molar-refractivity contribution is 5.96. The Morgan fingerprint density at radius 1 is 1.12 bits per heavy atom. The molecule has 0 saturated carbocycles. The Balaban J connectivity index is 1.37. The van der Waals surface area contributed by atoms with Crippen molar-refractivity contribution >= 4 is 11.4 Å². The average molecular weight is 440 g/mol. The van der Waals surface area contributed by atoms with Crippen LogP contribution in [0.2, 0.25) is 0 Å². The van der Waals surface area contributed by atoms with Gasteiger partial charge in [-0.15, -0.1) is 0 Å². The first-order valence-corrected chi connectivity index (χ1v) is 11.2. The number of aromatic nitrogens is 2. The number of aryl methyl sites for hydroxylation is 1. The van der Waals surface area contributed by atoms with E-state index in [1.165, 1.54) is 31.0 Å². The minimum atomic E-state index is -0.653. The number of fused-ring (bicyclic) bond motifs is 3. The zero-order chi connectivity index (χ0) is 22.4. The molecule has 32 heavy (non-hydrogen) atoms. The van der Waals surface area contributed by atoms with Gasteiger partial charge in [0.25, 0.3) is 0 Å². The third-order valence-corrected chi connectivity index (χ3v) is 7.16. The van der Waals surface area contributed by atoms with Gasteiger partial charge >= 0.3 is 0 Å². The molecule has 4 heterocycles. The molecule has 5 rings (SSSR count). The second-order valence-electron chi connectivity index (χ2n) is 9.12. The normalized spacial score (nSPS) is 23.1. The van der Waals surface area contributed by atoms with Crippen molar-refractivity contribution in [1.82, 2.24) is 14.3 Å². The molecule has 2 fully saturated rings. The summed E-state index contributed by atoms with van der Waals surface area (Å²) in [6, 6.07) is 8.36. The molecule has 1 aromatic carbocycles. The molecular weight excluding hydrogens is 412 g/mol.